The molecule has 6 heteroatoms. The largest absolute Gasteiger partial charge is 0.463 e. The van der Waals surface area contributed by atoms with E-state index < -0.39 is 0 Å². The molecule has 6 nitrogen and oxygen atoms in total. The zero-order valence-corrected chi connectivity index (χ0v) is 11.7. The molecular formula is C12H23N5O. The zero-order valence-electron chi connectivity index (χ0n) is 11.7. The van der Waals surface area contributed by atoms with Crippen molar-refractivity contribution in [2.75, 3.05) is 37.5 Å². The number of anilines is 2. The van der Waals surface area contributed by atoms with Crippen LogP contribution in [0.3, 0.4) is 0 Å². The maximum absolute atomic E-state index is 5.46. The minimum absolute atomic E-state index is 0.384. The number of rotatable bonds is 8. The summed E-state index contributed by atoms with van der Waals surface area (Å²) >= 11 is 0. The summed E-state index contributed by atoms with van der Waals surface area (Å²) in [6.07, 6.45) is 3.19. The van der Waals surface area contributed by atoms with Crippen molar-refractivity contribution in [2.24, 2.45) is 0 Å². The fourth-order valence-corrected chi connectivity index (χ4v) is 1.38. The molecule has 0 unspecified atom stereocenters. The summed E-state index contributed by atoms with van der Waals surface area (Å²) < 4.78 is 5.46. The van der Waals surface area contributed by atoms with E-state index in [4.69, 9.17) is 4.74 Å². The van der Waals surface area contributed by atoms with Crippen LogP contribution in [0.25, 0.3) is 0 Å². The lowest BCUT2D eigenvalue weighted by atomic mass is 10.3. The Hall–Kier alpha value is -1.59. The number of aromatic nitrogens is 3. The predicted molar refractivity (Wildman–Crippen MR) is 73.3 cm³/mol. The molecule has 0 aromatic carbocycles. The molecule has 0 saturated heterocycles. The highest BCUT2D eigenvalue weighted by Crippen LogP contribution is 2.14. The first-order valence-electron chi connectivity index (χ1n) is 6.49. The molecule has 1 heterocycles. The summed E-state index contributed by atoms with van der Waals surface area (Å²) in [4.78, 5) is 14.8. The van der Waals surface area contributed by atoms with E-state index in [0.717, 1.165) is 25.8 Å². The highest BCUT2D eigenvalue weighted by molar-refractivity contribution is 5.37. The Bertz CT molecular complexity index is 358. The molecule has 1 rings (SSSR count). The predicted octanol–water partition coefficient (Wildman–Crippen LogP) is 1.94. The van der Waals surface area contributed by atoms with Crippen LogP contribution in [0.4, 0.5) is 11.9 Å². The molecule has 0 aliphatic rings. The van der Waals surface area contributed by atoms with Crippen molar-refractivity contribution < 1.29 is 4.74 Å². The highest BCUT2D eigenvalue weighted by atomic mass is 16.5. The van der Waals surface area contributed by atoms with Gasteiger partial charge in [0.1, 0.15) is 0 Å². The van der Waals surface area contributed by atoms with Gasteiger partial charge in [-0.25, -0.2) is 0 Å². The minimum Gasteiger partial charge on any atom is -0.463 e. The third-order valence-corrected chi connectivity index (χ3v) is 2.45. The van der Waals surface area contributed by atoms with Crippen molar-refractivity contribution in [1.29, 1.82) is 0 Å². The van der Waals surface area contributed by atoms with Gasteiger partial charge in [-0.2, -0.15) is 15.0 Å². The van der Waals surface area contributed by atoms with Crippen molar-refractivity contribution in [3.63, 3.8) is 0 Å². The van der Waals surface area contributed by atoms with Crippen molar-refractivity contribution >= 4 is 11.9 Å². The number of hydrogen-bond acceptors (Lipinski definition) is 6. The number of unbranched alkanes of at least 4 members (excludes halogenated alkanes) is 1. The van der Waals surface area contributed by atoms with Gasteiger partial charge in [-0.05, 0) is 12.8 Å². The van der Waals surface area contributed by atoms with Crippen LogP contribution in [0.5, 0.6) is 6.01 Å². The smallest absolute Gasteiger partial charge is 0.323 e. The zero-order chi connectivity index (χ0) is 13.4. The van der Waals surface area contributed by atoms with Crippen molar-refractivity contribution in [3.05, 3.63) is 0 Å². The molecule has 0 bridgehead atoms. The second-order valence-corrected chi connectivity index (χ2v) is 4.12. The first-order valence-corrected chi connectivity index (χ1v) is 6.49. The maximum Gasteiger partial charge on any atom is 0.323 e. The normalized spacial score (nSPS) is 10.2. The molecule has 0 aliphatic carbocycles. The van der Waals surface area contributed by atoms with E-state index in [1.807, 2.05) is 11.9 Å². The Morgan fingerprint density at radius 2 is 1.94 bits per heavy atom. The van der Waals surface area contributed by atoms with Crippen LogP contribution in [0.2, 0.25) is 0 Å². The van der Waals surface area contributed by atoms with Crippen LogP contribution < -0.4 is 15.0 Å². The molecule has 0 saturated carbocycles. The third-order valence-electron chi connectivity index (χ3n) is 2.45. The van der Waals surface area contributed by atoms with E-state index in [0.29, 0.717) is 24.5 Å². The number of ether oxygens (including phenoxy) is 1. The minimum atomic E-state index is 0.384. The Balaban J connectivity index is 2.81. The van der Waals surface area contributed by atoms with E-state index in [1.165, 1.54) is 0 Å². The maximum atomic E-state index is 5.46. The molecule has 0 atom stereocenters. The van der Waals surface area contributed by atoms with Gasteiger partial charge < -0.3 is 15.0 Å². The van der Waals surface area contributed by atoms with E-state index >= 15 is 0 Å². The summed E-state index contributed by atoms with van der Waals surface area (Å²) in [5.74, 6) is 1.18. The molecule has 1 N–H and O–H groups in total. The SMILES string of the molecule is CCCCN(C)c1nc(NC)nc(OCCC)n1. The number of nitrogens with one attached hydrogen (secondary N) is 1. The van der Waals surface area contributed by atoms with Crippen LogP contribution in [0.15, 0.2) is 0 Å². The molecule has 1 aromatic heterocycles. The molecule has 0 aliphatic heterocycles. The monoisotopic (exact) mass is 253 g/mol. The lowest BCUT2D eigenvalue weighted by molar-refractivity contribution is 0.292. The van der Waals surface area contributed by atoms with Crippen LogP contribution in [-0.2, 0) is 0 Å². The molecular weight excluding hydrogens is 230 g/mol. The first kappa shape index (κ1) is 14.5. The lowest BCUT2D eigenvalue weighted by Crippen LogP contribution is -2.22. The molecule has 0 amide bonds. The van der Waals surface area contributed by atoms with E-state index in [1.54, 1.807) is 7.05 Å². The Labute approximate surface area is 109 Å². The van der Waals surface area contributed by atoms with Crippen LogP contribution in [0.1, 0.15) is 33.1 Å². The van der Waals surface area contributed by atoms with Gasteiger partial charge in [0.15, 0.2) is 0 Å². The fourth-order valence-electron chi connectivity index (χ4n) is 1.38. The molecule has 0 fully saturated rings. The van der Waals surface area contributed by atoms with Crippen LogP contribution in [-0.4, -0.2) is 42.2 Å². The van der Waals surface area contributed by atoms with Gasteiger partial charge in [0.25, 0.3) is 0 Å². The number of hydrogen-bond donors (Lipinski definition) is 1. The first-order chi connectivity index (χ1) is 8.71. The highest BCUT2D eigenvalue weighted by Gasteiger charge is 2.10. The summed E-state index contributed by atoms with van der Waals surface area (Å²) in [6.45, 7) is 5.76. The Morgan fingerprint density at radius 3 is 2.56 bits per heavy atom. The van der Waals surface area contributed by atoms with E-state index in [-0.39, 0.29) is 0 Å². The van der Waals surface area contributed by atoms with Gasteiger partial charge in [-0.15, -0.1) is 0 Å². The van der Waals surface area contributed by atoms with Gasteiger partial charge in [-0.3, -0.25) is 0 Å². The van der Waals surface area contributed by atoms with E-state index in [2.05, 4.69) is 34.1 Å². The number of nitrogens with zero attached hydrogens (tertiary/aromatic N) is 4. The van der Waals surface area contributed by atoms with Gasteiger partial charge in [-0.1, -0.05) is 20.3 Å². The van der Waals surface area contributed by atoms with Gasteiger partial charge >= 0.3 is 6.01 Å². The Kier molecular flexibility index (Phi) is 6.18. The summed E-state index contributed by atoms with van der Waals surface area (Å²) in [7, 11) is 3.77. The summed E-state index contributed by atoms with van der Waals surface area (Å²) in [5.41, 5.74) is 0. The van der Waals surface area contributed by atoms with Gasteiger partial charge in [0, 0.05) is 20.6 Å². The van der Waals surface area contributed by atoms with Crippen LogP contribution in [0, 0.1) is 0 Å². The summed E-state index contributed by atoms with van der Waals surface area (Å²) in [5, 5.41) is 2.93. The standard InChI is InChI=1S/C12H23N5O/c1-5-7-8-17(4)11-14-10(13-3)15-12(16-11)18-9-6-2/h5-9H2,1-4H3,(H,13,14,15,16). The average molecular weight is 253 g/mol. The topological polar surface area (TPSA) is 63.2 Å². The molecule has 0 radical (unpaired) electrons. The Morgan fingerprint density at radius 1 is 1.17 bits per heavy atom. The molecule has 102 valence electrons. The van der Waals surface area contributed by atoms with E-state index in [9.17, 15) is 0 Å². The molecule has 0 spiro atoms. The summed E-state index contributed by atoms with van der Waals surface area (Å²) in [6, 6.07) is 0.384. The van der Waals surface area contributed by atoms with Crippen LogP contribution >= 0.6 is 0 Å². The average Bonchev–Trinajstić information content (AvgIpc) is 2.41. The van der Waals surface area contributed by atoms with Gasteiger partial charge in [0.2, 0.25) is 11.9 Å². The lowest BCUT2D eigenvalue weighted by Gasteiger charge is -2.17. The molecule has 1 aromatic rings. The van der Waals surface area contributed by atoms with Crippen molar-refractivity contribution in [1.82, 2.24) is 15.0 Å². The second kappa shape index (κ2) is 7.68. The third kappa shape index (κ3) is 4.35. The van der Waals surface area contributed by atoms with Gasteiger partial charge in [0.05, 0.1) is 6.61 Å². The fraction of sp³-hybridized carbons (Fsp3) is 0.750. The van der Waals surface area contributed by atoms with Crippen molar-refractivity contribution in [2.45, 2.75) is 33.1 Å². The quantitative estimate of drug-likeness (QED) is 0.764. The molecule has 18 heavy (non-hydrogen) atoms. The second-order valence-electron chi connectivity index (χ2n) is 4.12. The van der Waals surface area contributed by atoms with Crippen molar-refractivity contribution in [3.8, 4) is 6.01 Å².